The molecule has 4 heteroatoms. The average molecular weight is 289 g/mol. The van der Waals surface area contributed by atoms with Gasteiger partial charge in [-0.15, -0.1) is 11.3 Å². The molecule has 1 aromatic rings. The number of aromatic nitrogens is 1. The van der Waals surface area contributed by atoms with Crippen molar-refractivity contribution in [3.05, 3.63) is 10.6 Å². The summed E-state index contributed by atoms with van der Waals surface area (Å²) >= 11 is 5.57. The standard InChI is InChI=1S/C11H17BrN2S/c1-7-4-5-14(6-10(7)12)11-13-8(2)9(3)15-11/h7,10H,4-6H2,1-3H3. The molecule has 1 saturated heterocycles. The van der Waals surface area contributed by atoms with Gasteiger partial charge in [-0.1, -0.05) is 22.9 Å². The summed E-state index contributed by atoms with van der Waals surface area (Å²) in [4.78, 5) is 8.97. The maximum absolute atomic E-state index is 4.62. The maximum atomic E-state index is 4.62. The molecule has 0 aromatic carbocycles. The van der Waals surface area contributed by atoms with Crippen LogP contribution in [0.15, 0.2) is 0 Å². The molecule has 0 bridgehead atoms. The molecule has 0 saturated carbocycles. The normalized spacial score (nSPS) is 27.1. The predicted molar refractivity (Wildman–Crippen MR) is 70.3 cm³/mol. The lowest BCUT2D eigenvalue weighted by Gasteiger charge is -2.33. The van der Waals surface area contributed by atoms with Crippen molar-refractivity contribution in [2.24, 2.45) is 5.92 Å². The molecule has 0 radical (unpaired) electrons. The van der Waals surface area contributed by atoms with E-state index in [9.17, 15) is 0 Å². The van der Waals surface area contributed by atoms with Crippen LogP contribution in [0.4, 0.5) is 5.13 Å². The lowest BCUT2D eigenvalue weighted by molar-refractivity contribution is 0.456. The number of alkyl halides is 1. The van der Waals surface area contributed by atoms with Crippen LogP contribution in [0.3, 0.4) is 0 Å². The number of anilines is 1. The molecule has 0 N–H and O–H groups in total. The Balaban J connectivity index is 2.12. The van der Waals surface area contributed by atoms with Crippen molar-refractivity contribution in [3.63, 3.8) is 0 Å². The summed E-state index contributed by atoms with van der Waals surface area (Å²) in [5.74, 6) is 0.781. The van der Waals surface area contributed by atoms with Crippen LogP contribution < -0.4 is 4.90 Å². The molecule has 0 amide bonds. The largest absolute Gasteiger partial charge is 0.347 e. The van der Waals surface area contributed by atoms with Gasteiger partial charge < -0.3 is 4.90 Å². The van der Waals surface area contributed by atoms with Crippen molar-refractivity contribution in [2.45, 2.75) is 32.0 Å². The molecule has 2 atom stereocenters. The lowest BCUT2D eigenvalue weighted by atomic mass is 10.00. The first-order valence-electron chi connectivity index (χ1n) is 5.41. The Hall–Kier alpha value is -0.0900. The molecule has 15 heavy (non-hydrogen) atoms. The van der Waals surface area contributed by atoms with Gasteiger partial charge in [0.1, 0.15) is 0 Å². The third-order valence-electron chi connectivity index (χ3n) is 3.15. The second-order valence-corrected chi connectivity index (χ2v) is 6.72. The lowest BCUT2D eigenvalue weighted by Crippen LogP contribution is -2.40. The number of hydrogen-bond acceptors (Lipinski definition) is 3. The zero-order valence-corrected chi connectivity index (χ0v) is 11.9. The summed E-state index contributed by atoms with van der Waals surface area (Å²) < 4.78 is 0. The maximum Gasteiger partial charge on any atom is 0.185 e. The number of rotatable bonds is 1. The van der Waals surface area contributed by atoms with E-state index in [1.165, 1.54) is 22.1 Å². The molecule has 1 aromatic heterocycles. The Morgan fingerprint density at radius 1 is 1.47 bits per heavy atom. The number of hydrogen-bond donors (Lipinski definition) is 0. The third kappa shape index (κ3) is 2.36. The number of thiazole rings is 1. The summed E-state index contributed by atoms with van der Waals surface area (Å²) in [5.41, 5.74) is 1.18. The molecule has 0 spiro atoms. The Morgan fingerprint density at radius 3 is 2.73 bits per heavy atom. The van der Waals surface area contributed by atoms with Gasteiger partial charge in [-0.3, -0.25) is 0 Å². The number of halogens is 1. The van der Waals surface area contributed by atoms with Gasteiger partial charge in [0.25, 0.3) is 0 Å². The van der Waals surface area contributed by atoms with Gasteiger partial charge in [-0.05, 0) is 26.2 Å². The van der Waals surface area contributed by atoms with Gasteiger partial charge in [0, 0.05) is 22.8 Å². The molecule has 1 aliphatic heterocycles. The number of nitrogens with zero attached hydrogens (tertiary/aromatic N) is 2. The van der Waals surface area contributed by atoms with E-state index < -0.39 is 0 Å². The van der Waals surface area contributed by atoms with Crippen molar-refractivity contribution < 1.29 is 0 Å². The first kappa shape index (κ1) is 11.4. The van der Waals surface area contributed by atoms with Crippen molar-refractivity contribution in [3.8, 4) is 0 Å². The summed E-state index contributed by atoms with van der Waals surface area (Å²) in [7, 11) is 0. The molecule has 0 aliphatic carbocycles. The highest BCUT2D eigenvalue weighted by molar-refractivity contribution is 9.09. The van der Waals surface area contributed by atoms with Gasteiger partial charge in [0.05, 0.1) is 5.69 Å². The van der Waals surface area contributed by atoms with Crippen LogP contribution >= 0.6 is 27.3 Å². The van der Waals surface area contributed by atoms with E-state index in [4.69, 9.17) is 0 Å². The van der Waals surface area contributed by atoms with Gasteiger partial charge in [-0.2, -0.15) is 0 Å². The molecule has 2 nitrogen and oxygen atoms in total. The van der Waals surface area contributed by atoms with E-state index in [1.54, 1.807) is 0 Å². The van der Waals surface area contributed by atoms with Crippen LogP contribution in [0.5, 0.6) is 0 Å². The minimum atomic E-state index is 0.607. The predicted octanol–water partition coefficient (Wildman–Crippen LogP) is 3.37. The summed E-state index contributed by atoms with van der Waals surface area (Å²) in [6.07, 6.45) is 1.26. The molecular weight excluding hydrogens is 272 g/mol. The van der Waals surface area contributed by atoms with Gasteiger partial charge >= 0.3 is 0 Å². The van der Waals surface area contributed by atoms with Crippen LogP contribution in [-0.2, 0) is 0 Å². The van der Waals surface area contributed by atoms with E-state index in [2.05, 4.69) is 46.6 Å². The van der Waals surface area contributed by atoms with Crippen LogP contribution in [0, 0.1) is 19.8 Å². The second-order valence-electron chi connectivity index (χ2n) is 4.37. The Labute approximate surface area is 104 Å². The Kier molecular flexibility index (Phi) is 3.36. The molecule has 1 fully saturated rings. The van der Waals surface area contributed by atoms with Gasteiger partial charge in [0.2, 0.25) is 0 Å². The number of aryl methyl sites for hydroxylation is 2. The summed E-state index contributed by atoms with van der Waals surface area (Å²) in [6, 6.07) is 0. The quantitative estimate of drug-likeness (QED) is 0.737. The van der Waals surface area contributed by atoms with E-state index in [1.807, 2.05) is 11.3 Å². The fraction of sp³-hybridized carbons (Fsp3) is 0.727. The molecular formula is C11H17BrN2S. The van der Waals surface area contributed by atoms with Crippen LogP contribution in [-0.4, -0.2) is 22.9 Å². The molecule has 2 rings (SSSR count). The van der Waals surface area contributed by atoms with E-state index in [0.29, 0.717) is 4.83 Å². The highest BCUT2D eigenvalue weighted by atomic mass is 79.9. The first-order chi connectivity index (χ1) is 7.08. The van der Waals surface area contributed by atoms with Crippen molar-refractivity contribution in [2.75, 3.05) is 18.0 Å². The second kappa shape index (κ2) is 4.42. The number of piperidine rings is 1. The first-order valence-corrected chi connectivity index (χ1v) is 7.14. The fourth-order valence-corrected chi connectivity index (χ4v) is 3.35. The van der Waals surface area contributed by atoms with E-state index >= 15 is 0 Å². The zero-order valence-electron chi connectivity index (χ0n) is 9.46. The Bertz CT molecular complexity index is 331. The minimum Gasteiger partial charge on any atom is -0.347 e. The molecule has 1 aliphatic rings. The van der Waals surface area contributed by atoms with E-state index in [-0.39, 0.29) is 0 Å². The Morgan fingerprint density at radius 2 is 2.20 bits per heavy atom. The van der Waals surface area contributed by atoms with Crippen molar-refractivity contribution in [1.29, 1.82) is 0 Å². The highest BCUT2D eigenvalue weighted by Gasteiger charge is 2.25. The van der Waals surface area contributed by atoms with Crippen molar-refractivity contribution >= 4 is 32.4 Å². The van der Waals surface area contributed by atoms with Crippen LogP contribution in [0.1, 0.15) is 23.9 Å². The van der Waals surface area contributed by atoms with Crippen LogP contribution in [0.2, 0.25) is 0 Å². The average Bonchev–Trinajstić information content (AvgIpc) is 2.52. The van der Waals surface area contributed by atoms with E-state index in [0.717, 1.165) is 19.0 Å². The molecule has 2 unspecified atom stereocenters. The summed E-state index contributed by atoms with van der Waals surface area (Å²) in [5, 5.41) is 1.20. The molecule has 84 valence electrons. The summed E-state index contributed by atoms with van der Waals surface area (Å²) in [6.45, 7) is 8.79. The zero-order chi connectivity index (χ0) is 11.0. The highest BCUT2D eigenvalue weighted by Crippen LogP contribution is 2.31. The fourth-order valence-electron chi connectivity index (χ4n) is 1.79. The third-order valence-corrected chi connectivity index (χ3v) is 5.48. The monoisotopic (exact) mass is 288 g/mol. The van der Waals surface area contributed by atoms with Crippen molar-refractivity contribution in [1.82, 2.24) is 4.98 Å². The van der Waals surface area contributed by atoms with Crippen LogP contribution in [0.25, 0.3) is 0 Å². The smallest absolute Gasteiger partial charge is 0.185 e. The molecule has 2 heterocycles. The SMILES string of the molecule is Cc1nc(N2CCC(C)C(Br)C2)sc1C. The van der Waals surface area contributed by atoms with Gasteiger partial charge in [-0.25, -0.2) is 4.98 Å². The minimum absolute atomic E-state index is 0.607. The van der Waals surface area contributed by atoms with Gasteiger partial charge in [0.15, 0.2) is 5.13 Å². The topological polar surface area (TPSA) is 16.1 Å².